The summed E-state index contributed by atoms with van der Waals surface area (Å²) in [6.45, 7) is 3.31. The molecule has 3 N–H and O–H groups in total. The zero-order valence-corrected chi connectivity index (χ0v) is 13.9. The fraction of sp³-hybridized carbons (Fsp3) is 0.467. The van der Waals surface area contributed by atoms with E-state index in [1.807, 2.05) is 11.8 Å². The number of amides is 2. The Hall–Kier alpha value is -1.30. The second-order valence-corrected chi connectivity index (χ2v) is 6.36. The molecule has 1 atom stereocenters. The Morgan fingerprint density at radius 1 is 1.41 bits per heavy atom. The van der Waals surface area contributed by atoms with E-state index in [9.17, 15) is 9.59 Å². The van der Waals surface area contributed by atoms with Crippen LogP contribution in [-0.4, -0.2) is 36.3 Å². The van der Waals surface area contributed by atoms with Crippen molar-refractivity contribution in [3.63, 3.8) is 0 Å². The number of likely N-dealkylation sites (tertiary alicyclic amines) is 1. The van der Waals surface area contributed by atoms with Gasteiger partial charge in [0.1, 0.15) is 0 Å². The van der Waals surface area contributed by atoms with E-state index in [4.69, 9.17) is 28.9 Å². The molecule has 0 saturated carbocycles. The molecular formula is C15H19Cl2N3O2. The van der Waals surface area contributed by atoms with Crippen LogP contribution in [0.1, 0.15) is 18.4 Å². The molecule has 0 unspecified atom stereocenters. The van der Waals surface area contributed by atoms with Crippen LogP contribution in [0.25, 0.3) is 0 Å². The van der Waals surface area contributed by atoms with Gasteiger partial charge in [0.2, 0.25) is 11.8 Å². The summed E-state index contributed by atoms with van der Waals surface area (Å²) >= 11 is 12.3. The Balaban J connectivity index is 1.99. The molecule has 0 aromatic heterocycles. The highest BCUT2D eigenvalue weighted by atomic mass is 35.5. The number of benzene rings is 1. The van der Waals surface area contributed by atoms with E-state index in [2.05, 4.69) is 5.32 Å². The number of aryl methyl sites for hydroxylation is 1. The van der Waals surface area contributed by atoms with Crippen molar-refractivity contribution >= 4 is 40.7 Å². The number of nitrogens with zero attached hydrogens (tertiary/aromatic N) is 1. The summed E-state index contributed by atoms with van der Waals surface area (Å²) < 4.78 is 0. The van der Waals surface area contributed by atoms with Gasteiger partial charge in [0.05, 0.1) is 28.2 Å². The number of rotatable bonds is 4. The van der Waals surface area contributed by atoms with Gasteiger partial charge in [-0.05, 0) is 37.9 Å². The SMILES string of the molecule is Cc1ccc(Cl)c(NC(=O)CN2CCC[C@H](C(N)=O)C2)c1Cl. The first kappa shape index (κ1) is 17.1. The molecule has 0 spiro atoms. The lowest BCUT2D eigenvalue weighted by molar-refractivity contribution is -0.125. The lowest BCUT2D eigenvalue weighted by Gasteiger charge is -2.30. The second-order valence-electron chi connectivity index (χ2n) is 5.58. The normalized spacial score (nSPS) is 19.0. The Bertz CT molecular complexity index is 592. The van der Waals surface area contributed by atoms with Crippen LogP contribution in [0.5, 0.6) is 0 Å². The number of hydrogen-bond acceptors (Lipinski definition) is 3. The molecule has 1 fully saturated rings. The highest BCUT2D eigenvalue weighted by Gasteiger charge is 2.25. The van der Waals surface area contributed by atoms with Crippen molar-refractivity contribution in [2.24, 2.45) is 11.7 Å². The Morgan fingerprint density at radius 3 is 2.82 bits per heavy atom. The number of carbonyl (C=O) groups excluding carboxylic acids is 2. The van der Waals surface area contributed by atoms with Gasteiger partial charge in [0, 0.05) is 6.54 Å². The fourth-order valence-corrected chi connectivity index (χ4v) is 3.05. The second kappa shape index (κ2) is 7.31. The number of hydrogen-bond donors (Lipinski definition) is 2. The molecule has 2 rings (SSSR count). The quantitative estimate of drug-likeness (QED) is 0.881. The van der Waals surface area contributed by atoms with Crippen LogP contribution in [-0.2, 0) is 9.59 Å². The molecule has 0 bridgehead atoms. The Kier molecular flexibility index (Phi) is 5.67. The topological polar surface area (TPSA) is 75.4 Å². The maximum atomic E-state index is 12.2. The molecule has 2 amide bonds. The summed E-state index contributed by atoms with van der Waals surface area (Å²) in [6.07, 6.45) is 1.63. The first-order chi connectivity index (χ1) is 10.4. The fourth-order valence-electron chi connectivity index (χ4n) is 2.58. The minimum Gasteiger partial charge on any atom is -0.369 e. The molecule has 22 heavy (non-hydrogen) atoms. The molecular weight excluding hydrogens is 325 g/mol. The third-order valence-electron chi connectivity index (χ3n) is 3.82. The summed E-state index contributed by atoms with van der Waals surface area (Å²) in [4.78, 5) is 25.4. The largest absolute Gasteiger partial charge is 0.369 e. The van der Waals surface area contributed by atoms with Crippen molar-refractivity contribution in [3.05, 3.63) is 27.7 Å². The van der Waals surface area contributed by atoms with Crippen LogP contribution in [0, 0.1) is 12.8 Å². The van der Waals surface area contributed by atoms with Gasteiger partial charge >= 0.3 is 0 Å². The molecule has 1 aromatic carbocycles. The number of piperidine rings is 1. The summed E-state index contributed by atoms with van der Waals surface area (Å²) in [5.41, 5.74) is 6.61. The Morgan fingerprint density at radius 2 is 2.14 bits per heavy atom. The third-order valence-corrected chi connectivity index (χ3v) is 4.63. The highest BCUT2D eigenvalue weighted by molar-refractivity contribution is 6.40. The van der Waals surface area contributed by atoms with E-state index in [-0.39, 0.29) is 24.3 Å². The van der Waals surface area contributed by atoms with E-state index in [0.717, 1.165) is 24.9 Å². The highest BCUT2D eigenvalue weighted by Crippen LogP contribution is 2.32. The first-order valence-electron chi connectivity index (χ1n) is 7.14. The van der Waals surface area contributed by atoms with Crippen molar-refractivity contribution in [3.8, 4) is 0 Å². The third kappa shape index (κ3) is 4.12. The van der Waals surface area contributed by atoms with Crippen molar-refractivity contribution in [2.75, 3.05) is 25.0 Å². The molecule has 7 heteroatoms. The van der Waals surface area contributed by atoms with Crippen LogP contribution in [0.3, 0.4) is 0 Å². The van der Waals surface area contributed by atoms with Crippen LogP contribution >= 0.6 is 23.2 Å². The van der Waals surface area contributed by atoms with Gasteiger partial charge in [-0.2, -0.15) is 0 Å². The van der Waals surface area contributed by atoms with E-state index in [1.54, 1.807) is 12.1 Å². The molecule has 1 aromatic rings. The van der Waals surface area contributed by atoms with E-state index in [1.165, 1.54) is 0 Å². The van der Waals surface area contributed by atoms with E-state index < -0.39 is 0 Å². The van der Waals surface area contributed by atoms with Gasteiger partial charge in [0.25, 0.3) is 0 Å². The number of halogens is 2. The summed E-state index contributed by atoms with van der Waals surface area (Å²) in [5, 5.41) is 3.59. The number of primary amides is 1. The molecule has 1 aliphatic heterocycles. The summed E-state index contributed by atoms with van der Waals surface area (Å²) in [6, 6.07) is 3.49. The van der Waals surface area contributed by atoms with E-state index in [0.29, 0.717) is 22.3 Å². The van der Waals surface area contributed by atoms with Crippen molar-refractivity contribution in [1.29, 1.82) is 0 Å². The molecule has 0 aliphatic carbocycles. The van der Waals surface area contributed by atoms with Gasteiger partial charge in [-0.1, -0.05) is 29.3 Å². The van der Waals surface area contributed by atoms with E-state index >= 15 is 0 Å². The lowest BCUT2D eigenvalue weighted by atomic mass is 9.97. The molecule has 1 heterocycles. The van der Waals surface area contributed by atoms with Gasteiger partial charge in [-0.15, -0.1) is 0 Å². The van der Waals surface area contributed by atoms with Crippen molar-refractivity contribution in [2.45, 2.75) is 19.8 Å². The molecule has 1 saturated heterocycles. The van der Waals surface area contributed by atoms with Crippen LogP contribution < -0.4 is 11.1 Å². The average molecular weight is 344 g/mol. The smallest absolute Gasteiger partial charge is 0.238 e. The summed E-state index contributed by atoms with van der Waals surface area (Å²) in [5.74, 6) is -0.706. The predicted molar refractivity (Wildman–Crippen MR) is 88.2 cm³/mol. The number of nitrogens with one attached hydrogen (secondary N) is 1. The maximum absolute atomic E-state index is 12.2. The average Bonchev–Trinajstić information content (AvgIpc) is 2.48. The molecule has 0 radical (unpaired) electrons. The standard InChI is InChI=1S/C15H19Cl2N3O2/c1-9-4-5-11(16)14(13(9)17)19-12(21)8-20-6-2-3-10(7-20)15(18)22/h4-5,10H,2-3,6-8H2,1H3,(H2,18,22)(H,19,21)/t10-/m0/s1. The van der Waals surface area contributed by atoms with Gasteiger partial charge in [-0.25, -0.2) is 0 Å². The van der Waals surface area contributed by atoms with Crippen LogP contribution in [0.2, 0.25) is 10.0 Å². The van der Waals surface area contributed by atoms with Gasteiger partial charge in [-0.3, -0.25) is 14.5 Å². The number of nitrogens with two attached hydrogens (primary N) is 1. The monoisotopic (exact) mass is 343 g/mol. The van der Waals surface area contributed by atoms with Crippen LogP contribution in [0.15, 0.2) is 12.1 Å². The maximum Gasteiger partial charge on any atom is 0.238 e. The minimum absolute atomic E-state index is 0.185. The summed E-state index contributed by atoms with van der Waals surface area (Å²) in [7, 11) is 0. The van der Waals surface area contributed by atoms with Crippen molar-refractivity contribution < 1.29 is 9.59 Å². The van der Waals surface area contributed by atoms with Gasteiger partial charge < -0.3 is 11.1 Å². The zero-order valence-electron chi connectivity index (χ0n) is 12.4. The number of anilines is 1. The zero-order chi connectivity index (χ0) is 16.3. The van der Waals surface area contributed by atoms with Gasteiger partial charge in [0.15, 0.2) is 0 Å². The minimum atomic E-state index is -0.310. The number of carbonyl (C=O) groups is 2. The molecule has 5 nitrogen and oxygen atoms in total. The molecule has 1 aliphatic rings. The predicted octanol–water partition coefficient (Wildman–Crippen LogP) is 2.44. The first-order valence-corrected chi connectivity index (χ1v) is 7.90. The molecule has 120 valence electrons. The van der Waals surface area contributed by atoms with Crippen LogP contribution in [0.4, 0.5) is 5.69 Å². The van der Waals surface area contributed by atoms with Crippen molar-refractivity contribution in [1.82, 2.24) is 4.90 Å². The lowest BCUT2D eigenvalue weighted by Crippen LogP contribution is -2.44. The Labute approximate surface area is 139 Å².